The fourth-order valence-electron chi connectivity index (χ4n) is 13.3. The first-order valence-electron chi connectivity index (χ1n) is 20.1. The lowest BCUT2D eigenvalue weighted by atomic mass is 9.32. The Morgan fingerprint density at radius 1 is 1.00 bits per heavy atom. The molecule has 0 bridgehead atoms. The van der Waals surface area contributed by atoms with Crippen LogP contribution in [-0.4, -0.2) is 76.3 Å². The Bertz CT molecular complexity index is 1570. The molecular weight excluding hydrogens is 660 g/mol. The second-order valence-corrected chi connectivity index (χ2v) is 21.1. The topological polar surface area (TPSA) is 75.7 Å². The molecule has 1 unspecified atom stereocenters. The number of sulfone groups is 1. The molecule has 1 N–H and O–H groups in total. The van der Waals surface area contributed by atoms with Crippen molar-refractivity contribution in [2.45, 2.75) is 112 Å². The van der Waals surface area contributed by atoms with E-state index in [1.54, 1.807) is 0 Å². The third-order valence-electron chi connectivity index (χ3n) is 16.3. The Morgan fingerprint density at radius 3 is 2.31 bits per heavy atom. The van der Waals surface area contributed by atoms with Gasteiger partial charge < -0.3 is 15.0 Å². The summed E-state index contributed by atoms with van der Waals surface area (Å²) >= 11 is 0. The number of alkyl halides is 1. The predicted molar refractivity (Wildman–Crippen MR) is 208 cm³/mol. The molecule has 4 fully saturated rings. The van der Waals surface area contributed by atoms with Crippen LogP contribution in [0.15, 0.2) is 30.3 Å². The van der Waals surface area contributed by atoms with Gasteiger partial charge in [-0.2, -0.15) is 0 Å². The van der Waals surface area contributed by atoms with Crippen LogP contribution in [0.3, 0.4) is 0 Å². The van der Waals surface area contributed by atoms with Gasteiger partial charge in [-0.1, -0.05) is 66.7 Å². The summed E-state index contributed by atoms with van der Waals surface area (Å²) in [5, 5.41) is 4.12. The molecule has 6 rings (SSSR count). The van der Waals surface area contributed by atoms with Gasteiger partial charge in [0.25, 0.3) is 0 Å². The largest absolute Gasteiger partial charge is 0.465 e. The molecule has 1 aromatic rings. The van der Waals surface area contributed by atoms with Gasteiger partial charge in [0.05, 0.1) is 30.9 Å². The van der Waals surface area contributed by atoms with Crippen LogP contribution in [0, 0.1) is 51.2 Å². The summed E-state index contributed by atoms with van der Waals surface area (Å²) in [6, 6.07) is 8.02. The summed E-state index contributed by atoms with van der Waals surface area (Å²) in [5.74, 6) is 2.43. The molecule has 1 aromatic carbocycles. The quantitative estimate of drug-likeness (QED) is 0.243. The Morgan fingerprint density at radius 2 is 1.69 bits per heavy atom. The maximum Gasteiger partial charge on any atom is 0.337 e. The van der Waals surface area contributed by atoms with Gasteiger partial charge in [-0.15, -0.1) is 0 Å². The minimum Gasteiger partial charge on any atom is -0.465 e. The summed E-state index contributed by atoms with van der Waals surface area (Å²) in [4.78, 5) is 14.4. The molecule has 6 nitrogen and oxygen atoms in total. The second-order valence-electron chi connectivity index (χ2n) is 18.8. The van der Waals surface area contributed by atoms with Crippen LogP contribution < -0.4 is 5.32 Å². The summed E-state index contributed by atoms with van der Waals surface area (Å²) in [7, 11) is -1.46. The average molecular weight is 729 g/mol. The Balaban J connectivity index is 0.00000523. The number of allylic oxidation sites excluding steroid dienone is 2. The number of fused-ring (bicyclic) bond motifs is 5. The van der Waals surface area contributed by atoms with Gasteiger partial charge >= 0.3 is 5.97 Å². The van der Waals surface area contributed by atoms with Crippen LogP contribution in [0.2, 0.25) is 0 Å². The first-order chi connectivity index (χ1) is 24.0. The van der Waals surface area contributed by atoms with E-state index in [-0.39, 0.29) is 58.7 Å². The van der Waals surface area contributed by atoms with Gasteiger partial charge in [0.1, 0.15) is 0 Å². The molecule has 51 heavy (non-hydrogen) atoms. The molecule has 1 saturated heterocycles. The van der Waals surface area contributed by atoms with E-state index in [1.807, 2.05) is 12.1 Å². The number of carbonyl (C=O) groups is 1. The number of nitrogens with one attached hydrogen (secondary N) is 1. The van der Waals surface area contributed by atoms with Gasteiger partial charge in [0, 0.05) is 33.1 Å². The van der Waals surface area contributed by atoms with Gasteiger partial charge in [0.2, 0.25) is 0 Å². The van der Waals surface area contributed by atoms with Crippen LogP contribution in [0.5, 0.6) is 0 Å². The molecule has 1 aliphatic heterocycles. The van der Waals surface area contributed by atoms with Crippen molar-refractivity contribution in [2.75, 3.05) is 51.5 Å². The Labute approximate surface area is 310 Å². The Hall–Kier alpha value is -1.77. The van der Waals surface area contributed by atoms with Gasteiger partial charge in [-0.3, -0.25) is 4.39 Å². The molecule has 5 aliphatic rings. The van der Waals surface area contributed by atoms with E-state index in [9.17, 15) is 17.6 Å². The standard InChI is InChI=1S/C43H67FN2O4S.H2/c1-9-43(45-22-23-46-24-26-51(48,49)27-25-46)21-20-41(6)34(35(43)28-30(2)29-44)14-15-37-40(5)18-16-33(31-10-12-32(13-11-31)38(47)50-8)39(3,4)36(40)17-19-42(37,41)7;/h10-13,16,30,34-37,45H,9,14-15,17-29H2,1-8H3;1H/t30?,34-,35-,36+,37-,40+,41-,42-,43+;/m1./s1. The lowest BCUT2D eigenvalue weighted by Crippen LogP contribution is -2.68. The maximum atomic E-state index is 14.4. The number of esters is 1. The second kappa shape index (κ2) is 14.1. The van der Waals surface area contributed by atoms with Crippen molar-refractivity contribution in [1.82, 2.24) is 10.2 Å². The lowest BCUT2D eigenvalue weighted by molar-refractivity contribution is -0.221. The fourth-order valence-corrected chi connectivity index (χ4v) is 14.5. The number of benzene rings is 1. The summed E-state index contributed by atoms with van der Waals surface area (Å²) < 4.78 is 43.4. The van der Waals surface area contributed by atoms with Crippen molar-refractivity contribution >= 4 is 21.4 Å². The molecule has 0 radical (unpaired) electrons. The molecule has 0 spiro atoms. The number of halogens is 1. The highest BCUT2D eigenvalue weighted by atomic mass is 32.2. The molecular formula is C43H69FN2O4S. The molecule has 0 amide bonds. The van der Waals surface area contributed by atoms with Crippen molar-refractivity contribution in [3.63, 3.8) is 0 Å². The highest BCUT2D eigenvalue weighted by Crippen LogP contribution is 2.75. The van der Waals surface area contributed by atoms with Crippen LogP contribution in [-0.2, 0) is 14.6 Å². The molecule has 288 valence electrons. The smallest absolute Gasteiger partial charge is 0.337 e. The zero-order chi connectivity index (χ0) is 37.0. The monoisotopic (exact) mass is 728 g/mol. The van der Waals surface area contributed by atoms with Crippen LogP contribution in [0.1, 0.15) is 124 Å². The molecule has 3 saturated carbocycles. The van der Waals surface area contributed by atoms with Gasteiger partial charge in [-0.05, 0) is 132 Å². The van der Waals surface area contributed by atoms with Crippen molar-refractivity contribution in [2.24, 2.45) is 51.2 Å². The summed E-state index contributed by atoms with van der Waals surface area (Å²) in [5.41, 5.74) is 3.79. The summed E-state index contributed by atoms with van der Waals surface area (Å²) in [6.45, 7) is 20.0. The minimum atomic E-state index is -2.89. The zero-order valence-corrected chi connectivity index (χ0v) is 33.8. The highest BCUT2D eigenvalue weighted by Gasteiger charge is 2.68. The SMILES string of the molecule is CC[C@]1(NCCN2CCS(=O)(=O)CC2)CC[C@]2(C)[C@H](CC[C@@H]3[C@@]4(C)CC=C(c5ccc(C(=O)OC)cc5)C(C)(C)[C@@H]4CC[C@]32C)[C@H]1CC(C)CF.[HH]. The number of hydrogen-bond acceptors (Lipinski definition) is 6. The molecule has 8 heteroatoms. The van der Waals surface area contributed by atoms with Gasteiger partial charge in [-0.25, -0.2) is 13.2 Å². The van der Waals surface area contributed by atoms with E-state index >= 15 is 0 Å². The highest BCUT2D eigenvalue weighted by molar-refractivity contribution is 7.91. The normalized spacial score (nSPS) is 39.5. The third kappa shape index (κ3) is 6.57. The number of rotatable bonds is 10. The fraction of sp³-hybridized carbons (Fsp3) is 0.791. The van der Waals surface area contributed by atoms with E-state index < -0.39 is 9.84 Å². The zero-order valence-electron chi connectivity index (χ0n) is 33.0. The van der Waals surface area contributed by atoms with E-state index in [0.29, 0.717) is 42.3 Å². The van der Waals surface area contributed by atoms with E-state index in [2.05, 4.69) is 76.9 Å². The summed E-state index contributed by atoms with van der Waals surface area (Å²) in [6.07, 6.45) is 12.8. The molecule has 1 heterocycles. The van der Waals surface area contributed by atoms with E-state index in [4.69, 9.17) is 4.74 Å². The van der Waals surface area contributed by atoms with Gasteiger partial charge in [0.15, 0.2) is 9.84 Å². The number of ether oxygens (including phenoxy) is 1. The van der Waals surface area contributed by atoms with Crippen LogP contribution in [0.25, 0.3) is 5.57 Å². The van der Waals surface area contributed by atoms with Crippen molar-refractivity contribution in [1.29, 1.82) is 0 Å². The Kier molecular flexibility index (Phi) is 10.8. The number of methoxy groups -OCH3 is 1. The predicted octanol–water partition coefficient (Wildman–Crippen LogP) is 8.86. The minimum absolute atomic E-state index is 0. The van der Waals surface area contributed by atoms with E-state index in [1.165, 1.54) is 50.4 Å². The number of hydrogen-bond donors (Lipinski definition) is 1. The first-order valence-corrected chi connectivity index (χ1v) is 22.0. The third-order valence-corrected chi connectivity index (χ3v) is 17.9. The van der Waals surface area contributed by atoms with Crippen LogP contribution >= 0.6 is 0 Å². The number of carbonyl (C=O) groups excluding carboxylic acids is 1. The molecule has 0 aromatic heterocycles. The first kappa shape index (κ1) is 38.9. The lowest BCUT2D eigenvalue weighted by Gasteiger charge is -2.72. The average Bonchev–Trinajstić information content (AvgIpc) is 3.09. The molecule has 9 atom stereocenters. The van der Waals surface area contributed by atoms with Crippen molar-refractivity contribution in [3.8, 4) is 0 Å². The number of nitrogens with zero attached hydrogens (tertiary/aromatic N) is 1. The van der Waals surface area contributed by atoms with Crippen molar-refractivity contribution in [3.05, 3.63) is 41.5 Å². The maximum absolute atomic E-state index is 14.4. The van der Waals surface area contributed by atoms with Crippen molar-refractivity contribution < 1.29 is 23.8 Å². The van der Waals surface area contributed by atoms with Crippen LogP contribution in [0.4, 0.5) is 4.39 Å². The van der Waals surface area contributed by atoms with E-state index in [0.717, 1.165) is 38.8 Å². The molecule has 4 aliphatic carbocycles.